The number of primary sulfonamides is 1. The molecule has 0 aromatic heterocycles. The summed E-state index contributed by atoms with van der Waals surface area (Å²) in [5.41, 5.74) is 6.46. The molecule has 1 aromatic rings. The minimum atomic E-state index is -3.54. The summed E-state index contributed by atoms with van der Waals surface area (Å²) in [4.78, 5) is 3.88. The topological polar surface area (TPSA) is 111 Å². The predicted octanol–water partition coefficient (Wildman–Crippen LogP) is 1.87. The first-order valence-corrected chi connectivity index (χ1v) is 8.18. The van der Waals surface area contributed by atoms with Crippen LogP contribution in [0.3, 0.4) is 0 Å². The molecule has 0 radical (unpaired) electrons. The maximum Gasteiger partial charge on any atom is 0.210 e. The van der Waals surface area contributed by atoms with Crippen LogP contribution >= 0.6 is 47.2 Å². The van der Waals surface area contributed by atoms with Gasteiger partial charge in [0.05, 0.1) is 18.3 Å². The molecule has 1 atom stereocenters. The van der Waals surface area contributed by atoms with E-state index in [9.17, 15) is 8.42 Å². The highest BCUT2D eigenvalue weighted by molar-refractivity contribution is 14.0. The zero-order valence-corrected chi connectivity index (χ0v) is 15.9. The summed E-state index contributed by atoms with van der Waals surface area (Å²) in [5, 5.41) is 8.82. The van der Waals surface area contributed by atoms with E-state index in [0.29, 0.717) is 10.0 Å². The molecule has 0 saturated carbocycles. The summed E-state index contributed by atoms with van der Waals surface area (Å²) in [6.45, 7) is 1.84. The van der Waals surface area contributed by atoms with Crippen molar-refractivity contribution >= 4 is 63.2 Å². The van der Waals surface area contributed by atoms with E-state index < -0.39 is 10.0 Å². The van der Waals surface area contributed by atoms with Crippen LogP contribution in [0, 0.1) is 0 Å². The fraction of sp³-hybridized carbons (Fsp3) is 0.364. The van der Waals surface area contributed by atoms with Crippen LogP contribution in [0.1, 0.15) is 18.5 Å². The van der Waals surface area contributed by atoms with Crippen molar-refractivity contribution in [1.82, 2.24) is 5.32 Å². The van der Waals surface area contributed by atoms with Gasteiger partial charge in [0.15, 0.2) is 5.96 Å². The van der Waals surface area contributed by atoms with Gasteiger partial charge in [0.25, 0.3) is 0 Å². The van der Waals surface area contributed by atoms with Crippen LogP contribution in [0.15, 0.2) is 23.2 Å². The number of sulfonamides is 1. The Morgan fingerprint density at radius 3 is 2.57 bits per heavy atom. The van der Waals surface area contributed by atoms with Crippen molar-refractivity contribution in [1.29, 1.82) is 0 Å². The molecule has 0 aliphatic rings. The van der Waals surface area contributed by atoms with Gasteiger partial charge in [-0.25, -0.2) is 13.6 Å². The van der Waals surface area contributed by atoms with Crippen molar-refractivity contribution < 1.29 is 8.42 Å². The lowest BCUT2D eigenvalue weighted by Gasteiger charge is -2.16. The molecule has 1 aromatic carbocycles. The van der Waals surface area contributed by atoms with Crippen molar-refractivity contribution in [2.75, 3.05) is 12.3 Å². The van der Waals surface area contributed by atoms with E-state index in [0.717, 1.165) is 5.56 Å². The normalized spacial score (nSPS) is 13.4. The lowest BCUT2D eigenvalue weighted by Crippen LogP contribution is -2.34. The van der Waals surface area contributed by atoms with Gasteiger partial charge in [-0.2, -0.15) is 0 Å². The summed E-state index contributed by atoms with van der Waals surface area (Å²) < 4.78 is 21.5. The van der Waals surface area contributed by atoms with Crippen LogP contribution in [0.2, 0.25) is 10.0 Å². The highest BCUT2D eigenvalue weighted by Crippen LogP contribution is 2.25. The zero-order valence-electron chi connectivity index (χ0n) is 11.2. The highest BCUT2D eigenvalue weighted by Gasteiger charge is 2.10. The summed E-state index contributed by atoms with van der Waals surface area (Å²) in [6.07, 6.45) is 0. The molecule has 0 bridgehead atoms. The summed E-state index contributed by atoms with van der Waals surface area (Å²) in [7, 11) is -3.54. The molecule has 0 heterocycles. The molecule has 0 saturated heterocycles. The van der Waals surface area contributed by atoms with Gasteiger partial charge in [-0.15, -0.1) is 24.0 Å². The molecule has 0 spiro atoms. The lowest BCUT2D eigenvalue weighted by molar-refractivity contribution is 0.597. The van der Waals surface area contributed by atoms with Crippen molar-refractivity contribution in [2.45, 2.75) is 13.0 Å². The zero-order chi connectivity index (χ0) is 15.3. The van der Waals surface area contributed by atoms with E-state index in [1.807, 2.05) is 6.92 Å². The molecule has 21 heavy (non-hydrogen) atoms. The average molecular weight is 467 g/mol. The van der Waals surface area contributed by atoms with E-state index in [2.05, 4.69) is 10.3 Å². The van der Waals surface area contributed by atoms with Gasteiger partial charge in [0.2, 0.25) is 10.0 Å². The molecule has 120 valence electrons. The van der Waals surface area contributed by atoms with Gasteiger partial charge in [-0.05, 0) is 24.6 Å². The van der Waals surface area contributed by atoms with Crippen LogP contribution in [0.25, 0.3) is 0 Å². The number of rotatable bonds is 5. The first-order chi connectivity index (χ1) is 9.19. The van der Waals surface area contributed by atoms with E-state index in [1.54, 1.807) is 18.2 Å². The second-order valence-corrected chi connectivity index (χ2v) is 6.74. The maximum absolute atomic E-state index is 10.8. The Kier molecular flexibility index (Phi) is 8.86. The van der Waals surface area contributed by atoms with E-state index >= 15 is 0 Å². The monoisotopic (exact) mass is 466 g/mol. The van der Waals surface area contributed by atoms with Gasteiger partial charge in [0, 0.05) is 10.0 Å². The number of hydrogen-bond donors (Lipinski definition) is 3. The molecule has 0 aliphatic heterocycles. The number of hydrogen-bond acceptors (Lipinski definition) is 3. The Morgan fingerprint density at radius 1 is 1.43 bits per heavy atom. The molecule has 0 fully saturated rings. The summed E-state index contributed by atoms with van der Waals surface area (Å²) in [5.74, 6) is -0.141. The van der Waals surface area contributed by atoms with Crippen molar-refractivity contribution in [3.8, 4) is 0 Å². The Hall–Kier alpha value is -0.290. The van der Waals surface area contributed by atoms with Crippen molar-refractivity contribution in [3.63, 3.8) is 0 Å². The fourth-order valence-electron chi connectivity index (χ4n) is 1.49. The van der Waals surface area contributed by atoms with E-state index in [1.165, 1.54) is 0 Å². The molecule has 5 N–H and O–H groups in total. The molecule has 10 heteroatoms. The second-order valence-electron chi connectivity index (χ2n) is 4.17. The third-order valence-electron chi connectivity index (χ3n) is 2.45. The third-order valence-corrected chi connectivity index (χ3v) is 3.77. The van der Waals surface area contributed by atoms with Gasteiger partial charge in [-0.3, -0.25) is 4.99 Å². The quantitative estimate of drug-likeness (QED) is 0.349. The molecular weight excluding hydrogens is 450 g/mol. The molecular formula is C11H17Cl2IN4O2S. The Labute approximate surface area is 151 Å². The van der Waals surface area contributed by atoms with Crippen LogP contribution in [-0.4, -0.2) is 26.7 Å². The molecule has 0 aliphatic carbocycles. The predicted molar refractivity (Wildman–Crippen MR) is 97.9 cm³/mol. The number of nitrogens with two attached hydrogens (primary N) is 2. The molecule has 0 amide bonds. The largest absolute Gasteiger partial charge is 0.370 e. The minimum Gasteiger partial charge on any atom is -0.370 e. The van der Waals surface area contributed by atoms with Gasteiger partial charge < -0.3 is 11.1 Å². The fourth-order valence-corrected chi connectivity index (χ4v) is 2.41. The lowest BCUT2D eigenvalue weighted by atomic mass is 10.1. The van der Waals surface area contributed by atoms with Crippen LogP contribution in [-0.2, 0) is 10.0 Å². The summed E-state index contributed by atoms with van der Waals surface area (Å²) >= 11 is 11.9. The SMILES string of the molecule is CC(NC(N)=NCCS(N)(=O)=O)c1ccc(Cl)cc1Cl.I. The maximum atomic E-state index is 10.8. The van der Waals surface area contributed by atoms with Crippen LogP contribution < -0.4 is 16.2 Å². The number of guanidine groups is 1. The Morgan fingerprint density at radius 2 is 2.05 bits per heavy atom. The van der Waals surface area contributed by atoms with Crippen molar-refractivity contribution in [2.24, 2.45) is 15.9 Å². The van der Waals surface area contributed by atoms with Crippen molar-refractivity contribution in [3.05, 3.63) is 33.8 Å². The van der Waals surface area contributed by atoms with Crippen LogP contribution in [0.4, 0.5) is 0 Å². The standard InChI is InChI=1S/C11H16Cl2N4O2S.HI/c1-7(9-3-2-8(12)6-10(9)13)17-11(14)16-4-5-20(15,18)19;/h2-3,6-7H,4-5H2,1H3,(H3,14,16,17)(H2,15,18,19);1H. The van der Waals surface area contributed by atoms with Crippen LogP contribution in [0.5, 0.6) is 0 Å². The molecule has 1 unspecified atom stereocenters. The smallest absolute Gasteiger partial charge is 0.210 e. The number of aliphatic imine (C=N–C) groups is 1. The average Bonchev–Trinajstić information content (AvgIpc) is 2.26. The highest BCUT2D eigenvalue weighted by atomic mass is 127. The number of nitrogens with one attached hydrogen (secondary N) is 1. The molecule has 1 rings (SSSR count). The van der Waals surface area contributed by atoms with E-state index in [4.69, 9.17) is 34.1 Å². The Balaban J connectivity index is 0.00000400. The number of halogens is 3. The minimum absolute atomic E-state index is 0. The number of benzene rings is 1. The second kappa shape index (κ2) is 8.99. The first kappa shape index (κ1) is 20.7. The van der Waals surface area contributed by atoms with E-state index in [-0.39, 0.29) is 48.3 Å². The van der Waals surface area contributed by atoms with Gasteiger partial charge >= 0.3 is 0 Å². The number of nitrogens with zero attached hydrogens (tertiary/aromatic N) is 1. The Bertz CT molecular complexity index is 610. The summed E-state index contributed by atoms with van der Waals surface area (Å²) in [6, 6.07) is 4.93. The van der Waals surface area contributed by atoms with Gasteiger partial charge in [-0.1, -0.05) is 29.3 Å². The first-order valence-electron chi connectivity index (χ1n) is 5.71. The van der Waals surface area contributed by atoms with Gasteiger partial charge in [0.1, 0.15) is 0 Å². The third kappa shape index (κ3) is 8.05. The molecule has 6 nitrogen and oxygen atoms in total.